The number of aliphatic hydroxyl groups excluding tert-OH is 4. The lowest BCUT2D eigenvalue weighted by Crippen LogP contribution is -2.60. The van der Waals surface area contributed by atoms with Crippen molar-refractivity contribution in [3.05, 3.63) is 62.8 Å². The maximum absolute atomic E-state index is 11.0. The Morgan fingerprint density at radius 2 is 1.75 bits per heavy atom. The zero-order chi connectivity index (χ0) is 23.2. The van der Waals surface area contributed by atoms with Gasteiger partial charge in [-0.25, -0.2) is 0 Å². The second-order valence-corrected chi connectivity index (χ2v) is 8.05. The lowest BCUT2D eigenvalue weighted by Gasteiger charge is -2.39. The van der Waals surface area contributed by atoms with Crippen molar-refractivity contribution in [3.8, 4) is 11.4 Å². The van der Waals surface area contributed by atoms with E-state index in [-0.39, 0.29) is 21.5 Å². The minimum absolute atomic E-state index is 0.0328. The van der Waals surface area contributed by atoms with Crippen LogP contribution in [0.3, 0.4) is 0 Å². The Bertz CT molecular complexity index is 1140. The average Bonchev–Trinajstić information content (AvgIpc) is 3.19. The highest BCUT2D eigenvalue weighted by molar-refractivity contribution is 6.37. The van der Waals surface area contributed by atoms with E-state index in [1.807, 2.05) is 0 Å². The largest absolute Gasteiger partial charge is 0.459 e. The highest BCUT2D eigenvalue weighted by atomic mass is 35.5. The molecule has 4 rings (SSSR count). The molecule has 0 bridgehead atoms. The molecule has 0 radical (unpaired) electrons. The summed E-state index contributed by atoms with van der Waals surface area (Å²) in [5.74, 6) is -0.0338. The molecule has 4 N–H and O–H groups in total. The molecular weight excluding hydrogens is 467 g/mol. The maximum Gasteiger partial charge on any atom is 0.270 e. The first-order chi connectivity index (χ1) is 15.2. The van der Waals surface area contributed by atoms with Crippen molar-refractivity contribution in [2.24, 2.45) is 0 Å². The molecule has 1 aromatic heterocycles. The van der Waals surface area contributed by atoms with Gasteiger partial charge in [0.1, 0.15) is 24.4 Å². The minimum Gasteiger partial charge on any atom is -0.459 e. The fourth-order valence-corrected chi connectivity index (χ4v) is 4.11. The summed E-state index contributed by atoms with van der Waals surface area (Å²) < 4.78 is 12.6. The number of ether oxygens (including phenoxy) is 2. The molecule has 1 aliphatic rings. The Morgan fingerprint density at radius 3 is 2.38 bits per heavy atom. The molecule has 2 aromatic carbocycles. The molecule has 170 valence electrons. The first-order valence-corrected chi connectivity index (χ1v) is 10.2. The van der Waals surface area contributed by atoms with Crippen LogP contribution in [0.15, 0.2) is 42.6 Å². The summed E-state index contributed by atoms with van der Waals surface area (Å²) in [7, 11) is 0. The molecule has 0 saturated carbocycles. The molecule has 1 saturated heterocycles. The van der Waals surface area contributed by atoms with Crippen molar-refractivity contribution in [3.63, 3.8) is 0 Å². The van der Waals surface area contributed by atoms with E-state index < -0.39 is 42.2 Å². The Hall–Kier alpha value is -2.44. The van der Waals surface area contributed by atoms with Gasteiger partial charge in [-0.1, -0.05) is 23.2 Å². The number of nitro benzene ring substituents is 1. The number of non-ortho nitro benzene ring substituents is 1. The van der Waals surface area contributed by atoms with Gasteiger partial charge in [0.15, 0.2) is 5.75 Å². The van der Waals surface area contributed by atoms with Crippen molar-refractivity contribution in [2.75, 3.05) is 6.61 Å². The second kappa shape index (κ2) is 8.83. The molecule has 32 heavy (non-hydrogen) atoms. The lowest BCUT2D eigenvalue weighted by atomic mass is 9.99. The number of aromatic nitrogens is 1. The SMILES string of the molecule is O=[N+]([O-])c1ccc2c(ccn2-c2cc(Cl)c(O[C@H]3OC(CO)[C@@H](O)C(O)C3O)c(Cl)c2)c1. The Balaban J connectivity index is 1.64. The van der Waals surface area contributed by atoms with Crippen molar-refractivity contribution in [1.29, 1.82) is 0 Å². The van der Waals surface area contributed by atoms with Crippen LogP contribution in [-0.4, -0.2) is 67.2 Å². The Labute approximate surface area is 190 Å². The van der Waals surface area contributed by atoms with E-state index in [0.717, 1.165) is 0 Å². The third-order valence-electron chi connectivity index (χ3n) is 5.23. The summed E-state index contributed by atoms with van der Waals surface area (Å²) in [6.07, 6.45) is -5.65. The highest BCUT2D eigenvalue weighted by Gasteiger charge is 2.45. The zero-order valence-electron chi connectivity index (χ0n) is 16.2. The summed E-state index contributed by atoms with van der Waals surface area (Å²) in [6, 6.07) is 9.22. The van der Waals surface area contributed by atoms with Gasteiger partial charge in [0.25, 0.3) is 5.69 Å². The van der Waals surface area contributed by atoms with Crippen molar-refractivity contribution >= 4 is 39.8 Å². The number of rotatable bonds is 5. The number of nitro groups is 1. The zero-order valence-corrected chi connectivity index (χ0v) is 17.7. The number of benzene rings is 2. The normalized spacial score (nSPS) is 25.8. The molecule has 0 amide bonds. The van der Waals surface area contributed by atoms with Crippen LogP contribution in [-0.2, 0) is 4.74 Å². The minimum atomic E-state index is -1.62. The smallest absolute Gasteiger partial charge is 0.270 e. The van der Waals surface area contributed by atoms with Gasteiger partial charge >= 0.3 is 0 Å². The van der Waals surface area contributed by atoms with Crippen LogP contribution >= 0.6 is 23.2 Å². The predicted molar refractivity (Wildman–Crippen MR) is 114 cm³/mol. The summed E-state index contributed by atoms with van der Waals surface area (Å²) in [5.41, 5.74) is 1.20. The van der Waals surface area contributed by atoms with Crippen LogP contribution in [0.1, 0.15) is 0 Å². The van der Waals surface area contributed by atoms with E-state index >= 15 is 0 Å². The molecule has 2 heterocycles. The standard InChI is InChI=1S/C20H18Cl2N2O8/c21-12-6-11(23-4-3-9-5-10(24(29)30)1-2-14(9)23)7-13(22)19(12)32-20-18(28)17(27)16(26)15(8-25)31-20/h1-7,15-18,20,25-28H,8H2/t15?,16-,17?,18?,20-/m1/s1. The molecule has 0 spiro atoms. The summed E-state index contributed by atoms with van der Waals surface area (Å²) in [5, 5.41) is 51.1. The van der Waals surface area contributed by atoms with Crippen molar-refractivity contribution in [1.82, 2.24) is 4.57 Å². The van der Waals surface area contributed by atoms with Crippen LogP contribution in [0.2, 0.25) is 10.0 Å². The van der Waals surface area contributed by atoms with Gasteiger partial charge in [-0.15, -0.1) is 0 Å². The Kier molecular flexibility index (Phi) is 6.28. The van der Waals surface area contributed by atoms with Crippen LogP contribution in [0.4, 0.5) is 5.69 Å². The van der Waals surface area contributed by atoms with Gasteiger partial charge in [-0.05, 0) is 24.3 Å². The van der Waals surface area contributed by atoms with Gasteiger partial charge in [0.2, 0.25) is 6.29 Å². The van der Waals surface area contributed by atoms with Gasteiger partial charge in [-0.3, -0.25) is 10.1 Å². The number of halogens is 2. The molecule has 1 aliphatic heterocycles. The molecule has 3 aromatic rings. The van der Waals surface area contributed by atoms with Crippen LogP contribution in [0.5, 0.6) is 5.75 Å². The molecular formula is C20H18Cl2N2O8. The van der Waals surface area contributed by atoms with Crippen LogP contribution in [0.25, 0.3) is 16.6 Å². The van der Waals surface area contributed by atoms with E-state index in [4.69, 9.17) is 32.7 Å². The van der Waals surface area contributed by atoms with E-state index in [9.17, 15) is 30.5 Å². The quantitative estimate of drug-likeness (QED) is 0.317. The number of fused-ring (bicyclic) bond motifs is 1. The highest BCUT2D eigenvalue weighted by Crippen LogP contribution is 2.38. The molecule has 5 atom stereocenters. The van der Waals surface area contributed by atoms with Gasteiger partial charge < -0.3 is 34.5 Å². The van der Waals surface area contributed by atoms with Crippen molar-refractivity contribution in [2.45, 2.75) is 30.7 Å². The molecule has 3 unspecified atom stereocenters. The maximum atomic E-state index is 11.0. The fourth-order valence-electron chi connectivity index (χ4n) is 3.55. The van der Waals surface area contributed by atoms with Gasteiger partial charge in [0.05, 0.1) is 27.1 Å². The lowest BCUT2D eigenvalue weighted by molar-refractivity contribution is -0.384. The average molecular weight is 485 g/mol. The number of nitrogens with zero attached hydrogens (tertiary/aromatic N) is 2. The monoisotopic (exact) mass is 484 g/mol. The predicted octanol–water partition coefficient (Wildman–Crippen LogP) is 2.02. The van der Waals surface area contributed by atoms with Crippen molar-refractivity contribution < 1.29 is 34.8 Å². The van der Waals surface area contributed by atoms with E-state index in [1.54, 1.807) is 22.9 Å². The van der Waals surface area contributed by atoms with E-state index in [1.165, 1.54) is 24.3 Å². The Morgan fingerprint density at radius 1 is 1.06 bits per heavy atom. The third-order valence-corrected chi connectivity index (χ3v) is 5.79. The molecule has 10 nitrogen and oxygen atoms in total. The fraction of sp³-hybridized carbons (Fsp3) is 0.300. The van der Waals surface area contributed by atoms with Crippen LogP contribution < -0.4 is 4.74 Å². The topological polar surface area (TPSA) is 147 Å². The van der Waals surface area contributed by atoms with Gasteiger partial charge in [0, 0.05) is 29.4 Å². The molecule has 1 fully saturated rings. The molecule has 0 aliphatic carbocycles. The second-order valence-electron chi connectivity index (χ2n) is 7.24. The number of hydrogen-bond acceptors (Lipinski definition) is 8. The summed E-state index contributed by atoms with van der Waals surface area (Å²) in [6.45, 7) is -0.607. The number of aliphatic hydroxyl groups is 4. The summed E-state index contributed by atoms with van der Waals surface area (Å²) in [4.78, 5) is 10.5. The van der Waals surface area contributed by atoms with Gasteiger partial charge in [-0.2, -0.15) is 0 Å². The summed E-state index contributed by atoms with van der Waals surface area (Å²) >= 11 is 12.7. The molecule has 12 heteroatoms. The van der Waals surface area contributed by atoms with E-state index in [2.05, 4.69) is 0 Å². The van der Waals surface area contributed by atoms with Crippen LogP contribution in [0, 0.1) is 10.1 Å². The first-order valence-electron chi connectivity index (χ1n) is 9.43. The first kappa shape index (κ1) is 22.7. The van der Waals surface area contributed by atoms with E-state index in [0.29, 0.717) is 16.6 Å². The third kappa shape index (κ3) is 4.02. The number of hydrogen-bond donors (Lipinski definition) is 4.